The SMILES string of the molecule is Cc1ccc2cccc(Oc3ncc(CN)cc3Cl)c2n1. The quantitative estimate of drug-likeness (QED) is 0.798. The van der Waals surface area contributed by atoms with Crippen molar-refractivity contribution in [1.29, 1.82) is 0 Å². The molecule has 5 heteroatoms. The molecule has 0 aliphatic rings. The molecule has 0 aliphatic carbocycles. The van der Waals surface area contributed by atoms with Gasteiger partial charge in [0, 0.05) is 23.8 Å². The lowest BCUT2D eigenvalue weighted by molar-refractivity contribution is 0.467. The highest BCUT2D eigenvalue weighted by molar-refractivity contribution is 6.31. The minimum absolute atomic E-state index is 0.352. The second kappa shape index (κ2) is 5.68. The molecule has 2 heterocycles. The van der Waals surface area contributed by atoms with Gasteiger partial charge < -0.3 is 10.5 Å². The largest absolute Gasteiger partial charge is 0.435 e. The molecule has 0 unspecified atom stereocenters. The van der Waals surface area contributed by atoms with Crippen LogP contribution in [-0.4, -0.2) is 9.97 Å². The third-order valence-corrected chi connectivity index (χ3v) is 3.40. The van der Waals surface area contributed by atoms with E-state index >= 15 is 0 Å². The van der Waals surface area contributed by atoms with Gasteiger partial charge in [-0.25, -0.2) is 9.97 Å². The van der Waals surface area contributed by atoms with E-state index in [1.807, 2.05) is 37.3 Å². The second-order valence-electron chi connectivity index (χ2n) is 4.72. The molecule has 21 heavy (non-hydrogen) atoms. The molecular formula is C16H14ClN3O. The number of halogens is 1. The molecule has 2 aromatic heterocycles. The lowest BCUT2D eigenvalue weighted by atomic mass is 10.2. The first-order valence-electron chi connectivity index (χ1n) is 6.56. The number of hydrogen-bond acceptors (Lipinski definition) is 4. The number of pyridine rings is 2. The molecule has 0 amide bonds. The highest BCUT2D eigenvalue weighted by atomic mass is 35.5. The first kappa shape index (κ1) is 13.8. The summed E-state index contributed by atoms with van der Waals surface area (Å²) in [5.74, 6) is 0.982. The van der Waals surface area contributed by atoms with Crippen molar-refractivity contribution in [1.82, 2.24) is 9.97 Å². The summed E-state index contributed by atoms with van der Waals surface area (Å²) in [6.07, 6.45) is 1.66. The van der Waals surface area contributed by atoms with Gasteiger partial charge in [-0.05, 0) is 30.7 Å². The molecule has 0 fully saturated rings. The maximum atomic E-state index is 6.18. The van der Waals surface area contributed by atoms with Crippen molar-refractivity contribution >= 4 is 22.5 Å². The average Bonchev–Trinajstić information content (AvgIpc) is 2.49. The molecule has 4 nitrogen and oxygen atoms in total. The highest BCUT2D eigenvalue weighted by Gasteiger charge is 2.09. The number of aryl methyl sites for hydroxylation is 1. The van der Waals surface area contributed by atoms with E-state index in [4.69, 9.17) is 22.1 Å². The van der Waals surface area contributed by atoms with Crippen LogP contribution >= 0.6 is 11.6 Å². The van der Waals surface area contributed by atoms with Gasteiger partial charge >= 0.3 is 0 Å². The molecule has 0 atom stereocenters. The summed E-state index contributed by atoms with van der Waals surface area (Å²) in [6, 6.07) is 11.5. The number of fused-ring (bicyclic) bond motifs is 1. The Morgan fingerprint density at radius 3 is 2.86 bits per heavy atom. The van der Waals surface area contributed by atoms with Crippen LogP contribution in [0.4, 0.5) is 0 Å². The lowest BCUT2D eigenvalue weighted by Gasteiger charge is -2.10. The standard InChI is InChI=1S/C16H14ClN3O/c1-10-5-6-12-3-2-4-14(15(12)20-10)21-16-13(17)7-11(8-18)9-19-16/h2-7,9H,8,18H2,1H3. The molecule has 0 spiro atoms. The van der Waals surface area contributed by atoms with E-state index in [0.717, 1.165) is 22.2 Å². The molecule has 0 bridgehead atoms. The molecule has 0 saturated carbocycles. The van der Waals surface area contributed by atoms with Crippen LogP contribution in [0.3, 0.4) is 0 Å². The van der Waals surface area contributed by atoms with E-state index in [0.29, 0.717) is 23.2 Å². The van der Waals surface area contributed by atoms with E-state index in [1.54, 1.807) is 12.3 Å². The van der Waals surface area contributed by atoms with Gasteiger partial charge in [-0.15, -0.1) is 0 Å². The molecule has 106 valence electrons. The monoisotopic (exact) mass is 299 g/mol. The molecule has 3 aromatic rings. The van der Waals surface area contributed by atoms with Crippen LogP contribution in [0.15, 0.2) is 42.6 Å². The minimum atomic E-state index is 0.352. The maximum absolute atomic E-state index is 6.18. The summed E-state index contributed by atoms with van der Waals surface area (Å²) in [5.41, 5.74) is 8.14. The van der Waals surface area contributed by atoms with E-state index in [2.05, 4.69) is 9.97 Å². The van der Waals surface area contributed by atoms with Crippen LogP contribution in [-0.2, 0) is 6.54 Å². The Kier molecular flexibility index (Phi) is 3.73. The molecule has 2 N–H and O–H groups in total. The van der Waals surface area contributed by atoms with E-state index in [1.165, 1.54) is 0 Å². The van der Waals surface area contributed by atoms with Crippen LogP contribution in [0.5, 0.6) is 11.6 Å². The van der Waals surface area contributed by atoms with Crippen molar-refractivity contribution < 1.29 is 4.74 Å². The summed E-state index contributed by atoms with van der Waals surface area (Å²) in [4.78, 5) is 8.73. The Bertz CT molecular complexity index is 805. The van der Waals surface area contributed by atoms with Crippen LogP contribution in [0, 0.1) is 6.92 Å². The summed E-state index contributed by atoms with van der Waals surface area (Å²) in [6.45, 7) is 2.33. The summed E-state index contributed by atoms with van der Waals surface area (Å²) in [5, 5.41) is 1.44. The van der Waals surface area contributed by atoms with E-state index in [-0.39, 0.29) is 0 Å². The van der Waals surface area contributed by atoms with Crippen molar-refractivity contribution in [3.8, 4) is 11.6 Å². The number of nitrogens with two attached hydrogens (primary N) is 1. The van der Waals surface area contributed by atoms with Crippen molar-refractivity contribution in [3.05, 3.63) is 58.9 Å². The zero-order chi connectivity index (χ0) is 14.8. The zero-order valence-electron chi connectivity index (χ0n) is 11.5. The highest BCUT2D eigenvalue weighted by Crippen LogP contribution is 2.31. The molecule has 0 saturated heterocycles. The van der Waals surface area contributed by atoms with Gasteiger partial charge in [0.05, 0.1) is 0 Å². The van der Waals surface area contributed by atoms with Gasteiger partial charge in [0.15, 0.2) is 5.75 Å². The Hall–Kier alpha value is -2.17. The minimum Gasteiger partial charge on any atom is -0.435 e. The third kappa shape index (κ3) is 2.82. The maximum Gasteiger partial charge on any atom is 0.238 e. The summed E-state index contributed by atoms with van der Waals surface area (Å²) < 4.78 is 5.83. The van der Waals surface area contributed by atoms with Crippen molar-refractivity contribution in [2.45, 2.75) is 13.5 Å². The lowest BCUT2D eigenvalue weighted by Crippen LogP contribution is -1.98. The van der Waals surface area contributed by atoms with Gasteiger partial charge in [-0.1, -0.05) is 29.8 Å². The first-order valence-corrected chi connectivity index (χ1v) is 6.94. The average molecular weight is 300 g/mol. The fourth-order valence-electron chi connectivity index (χ4n) is 2.06. The summed E-state index contributed by atoms with van der Waals surface area (Å²) in [7, 11) is 0. The topological polar surface area (TPSA) is 61.0 Å². The predicted molar refractivity (Wildman–Crippen MR) is 83.7 cm³/mol. The van der Waals surface area contributed by atoms with Crippen molar-refractivity contribution in [2.24, 2.45) is 5.73 Å². The van der Waals surface area contributed by atoms with Crippen LogP contribution in [0.25, 0.3) is 10.9 Å². The third-order valence-electron chi connectivity index (χ3n) is 3.13. The molecule has 1 aromatic carbocycles. The number of para-hydroxylation sites is 1. The second-order valence-corrected chi connectivity index (χ2v) is 5.12. The number of hydrogen-bond donors (Lipinski definition) is 1. The number of benzene rings is 1. The normalized spacial score (nSPS) is 10.8. The van der Waals surface area contributed by atoms with Gasteiger partial charge in [-0.2, -0.15) is 0 Å². The molecule has 0 aliphatic heterocycles. The summed E-state index contributed by atoms with van der Waals surface area (Å²) >= 11 is 6.18. The Morgan fingerprint density at radius 1 is 1.24 bits per heavy atom. The molecule has 0 radical (unpaired) electrons. The number of aromatic nitrogens is 2. The fourth-order valence-corrected chi connectivity index (χ4v) is 2.28. The number of ether oxygens (including phenoxy) is 1. The van der Waals surface area contributed by atoms with Crippen LogP contribution in [0.1, 0.15) is 11.3 Å². The Balaban J connectivity index is 2.04. The van der Waals surface area contributed by atoms with Gasteiger partial charge in [0.25, 0.3) is 0 Å². The van der Waals surface area contributed by atoms with Crippen LogP contribution in [0.2, 0.25) is 5.02 Å². The fraction of sp³-hybridized carbons (Fsp3) is 0.125. The van der Waals surface area contributed by atoms with Gasteiger partial charge in [0.2, 0.25) is 5.88 Å². The number of rotatable bonds is 3. The van der Waals surface area contributed by atoms with Crippen LogP contribution < -0.4 is 10.5 Å². The van der Waals surface area contributed by atoms with E-state index < -0.39 is 0 Å². The molecular weight excluding hydrogens is 286 g/mol. The Morgan fingerprint density at radius 2 is 2.10 bits per heavy atom. The smallest absolute Gasteiger partial charge is 0.238 e. The zero-order valence-corrected chi connectivity index (χ0v) is 12.3. The van der Waals surface area contributed by atoms with E-state index in [9.17, 15) is 0 Å². The van der Waals surface area contributed by atoms with Gasteiger partial charge in [0.1, 0.15) is 10.5 Å². The number of nitrogens with zero attached hydrogens (tertiary/aromatic N) is 2. The van der Waals surface area contributed by atoms with Crippen molar-refractivity contribution in [2.75, 3.05) is 0 Å². The van der Waals surface area contributed by atoms with Gasteiger partial charge in [-0.3, -0.25) is 0 Å². The predicted octanol–water partition coefficient (Wildman–Crippen LogP) is 3.84. The first-order chi connectivity index (χ1) is 10.2. The van der Waals surface area contributed by atoms with Crippen molar-refractivity contribution in [3.63, 3.8) is 0 Å². The Labute approximate surface area is 127 Å². The molecule has 3 rings (SSSR count).